The predicted molar refractivity (Wildman–Crippen MR) is 185 cm³/mol. The minimum atomic E-state index is -0.988. The standard InChI is InChI=1S/C38H43N3O8/c1-24(34(41-37(44)49-38(2,3)4)36(43)48-27-13-9-10-14-27)23-46-33-22-30-29(21-32(33)45-5)31(19-20-39-30)47-28-17-15-26(16-18-28)40-35(42)25-11-7-6-8-12-25/h6-8,11-12,15-22,24,27,34H,9-10,13-14,23H2,1-5H3,(H,40,42)(H,41,44). The fourth-order valence-electron chi connectivity index (χ4n) is 5.45. The van der Waals surface area contributed by atoms with Crippen molar-refractivity contribution in [3.8, 4) is 23.0 Å². The third-order valence-corrected chi connectivity index (χ3v) is 7.94. The highest BCUT2D eigenvalue weighted by atomic mass is 16.6. The molecule has 5 rings (SSSR count). The van der Waals surface area contributed by atoms with Gasteiger partial charge in [-0.25, -0.2) is 9.59 Å². The van der Waals surface area contributed by atoms with E-state index < -0.39 is 29.6 Å². The summed E-state index contributed by atoms with van der Waals surface area (Å²) < 4.78 is 29.2. The number of hydrogen-bond donors (Lipinski definition) is 2. The summed E-state index contributed by atoms with van der Waals surface area (Å²) in [6.45, 7) is 7.13. The van der Waals surface area contributed by atoms with E-state index in [1.807, 2.05) is 18.2 Å². The fourth-order valence-corrected chi connectivity index (χ4v) is 5.45. The van der Waals surface area contributed by atoms with Gasteiger partial charge in [-0.05, 0) is 95.0 Å². The fraction of sp³-hybridized carbons (Fsp3) is 0.368. The van der Waals surface area contributed by atoms with Crippen LogP contribution in [0.15, 0.2) is 79.0 Å². The predicted octanol–water partition coefficient (Wildman–Crippen LogP) is 7.68. The second-order valence-corrected chi connectivity index (χ2v) is 13.0. The minimum absolute atomic E-state index is 0.0610. The Morgan fingerprint density at radius 2 is 1.63 bits per heavy atom. The number of fused-ring (bicyclic) bond motifs is 1. The van der Waals surface area contributed by atoms with Crippen molar-refractivity contribution >= 4 is 34.6 Å². The Labute approximate surface area is 286 Å². The van der Waals surface area contributed by atoms with Crippen LogP contribution in [0.1, 0.15) is 63.7 Å². The lowest BCUT2D eigenvalue weighted by Crippen LogP contribution is -2.49. The highest BCUT2D eigenvalue weighted by molar-refractivity contribution is 6.04. The first-order valence-electron chi connectivity index (χ1n) is 16.4. The molecule has 1 aromatic heterocycles. The summed E-state index contributed by atoms with van der Waals surface area (Å²) >= 11 is 0. The number of anilines is 1. The van der Waals surface area contributed by atoms with Crippen LogP contribution in [-0.4, -0.2) is 54.4 Å². The molecule has 1 aliphatic carbocycles. The van der Waals surface area contributed by atoms with E-state index in [4.69, 9.17) is 23.7 Å². The van der Waals surface area contributed by atoms with Crippen LogP contribution < -0.4 is 24.8 Å². The summed E-state index contributed by atoms with van der Waals surface area (Å²) in [5, 5.41) is 6.26. The Morgan fingerprint density at radius 3 is 2.31 bits per heavy atom. The number of methoxy groups -OCH3 is 1. The summed E-state index contributed by atoms with van der Waals surface area (Å²) in [5.41, 5.74) is 1.06. The Kier molecular flexibility index (Phi) is 11.2. The number of carbonyl (C=O) groups is 3. The molecule has 0 spiro atoms. The molecule has 0 aliphatic heterocycles. The number of aromatic nitrogens is 1. The maximum atomic E-state index is 13.2. The number of ether oxygens (including phenoxy) is 5. The van der Waals surface area contributed by atoms with E-state index in [9.17, 15) is 14.4 Å². The smallest absolute Gasteiger partial charge is 0.408 e. The largest absolute Gasteiger partial charge is 0.493 e. The van der Waals surface area contributed by atoms with Crippen molar-refractivity contribution in [2.24, 2.45) is 5.92 Å². The van der Waals surface area contributed by atoms with E-state index in [0.717, 1.165) is 25.7 Å². The topological polar surface area (TPSA) is 134 Å². The lowest BCUT2D eigenvalue weighted by atomic mass is 10.0. The number of nitrogens with one attached hydrogen (secondary N) is 2. The zero-order chi connectivity index (χ0) is 35.0. The summed E-state index contributed by atoms with van der Waals surface area (Å²) in [5.74, 6) is 0.742. The van der Waals surface area contributed by atoms with Gasteiger partial charge in [-0.2, -0.15) is 0 Å². The Morgan fingerprint density at radius 1 is 0.918 bits per heavy atom. The molecule has 0 bridgehead atoms. The molecule has 11 heteroatoms. The molecule has 4 aromatic rings. The number of amides is 2. The molecule has 258 valence electrons. The van der Waals surface area contributed by atoms with Crippen LogP contribution in [0.5, 0.6) is 23.0 Å². The van der Waals surface area contributed by atoms with Crippen molar-refractivity contribution in [3.63, 3.8) is 0 Å². The molecule has 1 aliphatic rings. The van der Waals surface area contributed by atoms with Gasteiger partial charge in [-0.1, -0.05) is 25.1 Å². The quantitative estimate of drug-likeness (QED) is 0.146. The maximum absolute atomic E-state index is 13.2. The van der Waals surface area contributed by atoms with Gasteiger partial charge in [0.2, 0.25) is 0 Å². The van der Waals surface area contributed by atoms with Gasteiger partial charge >= 0.3 is 12.1 Å². The molecule has 1 fully saturated rings. The van der Waals surface area contributed by atoms with E-state index in [1.54, 1.807) is 88.5 Å². The highest BCUT2D eigenvalue weighted by Crippen LogP contribution is 2.37. The molecule has 3 aromatic carbocycles. The van der Waals surface area contributed by atoms with Crippen molar-refractivity contribution in [2.75, 3.05) is 19.0 Å². The van der Waals surface area contributed by atoms with Crippen LogP contribution in [-0.2, 0) is 14.3 Å². The summed E-state index contributed by atoms with van der Waals surface area (Å²) in [6, 6.07) is 20.3. The number of rotatable bonds is 12. The average molecular weight is 670 g/mol. The van der Waals surface area contributed by atoms with E-state index in [-0.39, 0.29) is 18.6 Å². The van der Waals surface area contributed by atoms with Gasteiger partial charge in [0.25, 0.3) is 5.91 Å². The van der Waals surface area contributed by atoms with Gasteiger partial charge in [0.05, 0.1) is 19.2 Å². The monoisotopic (exact) mass is 669 g/mol. The van der Waals surface area contributed by atoms with Crippen LogP contribution in [0, 0.1) is 5.92 Å². The Bertz CT molecular complexity index is 1750. The zero-order valence-corrected chi connectivity index (χ0v) is 28.5. The minimum Gasteiger partial charge on any atom is -0.493 e. The number of benzene rings is 3. The molecule has 2 N–H and O–H groups in total. The average Bonchev–Trinajstić information content (AvgIpc) is 3.59. The molecule has 0 radical (unpaired) electrons. The van der Waals surface area contributed by atoms with E-state index in [1.165, 1.54) is 7.11 Å². The number of pyridine rings is 1. The molecular weight excluding hydrogens is 626 g/mol. The number of nitrogens with zero attached hydrogens (tertiary/aromatic N) is 1. The van der Waals surface area contributed by atoms with Crippen molar-refractivity contribution in [2.45, 2.75) is 71.1 Å². The molecular formula is C38H43N3O8. The van der Waals surface area contributed by atoms with Crippen molar-refractivity contribution in [3.05, 3.63) is 84.6 Å². The summed E-state index contributed by atoms with van der Waals surface area (Å²) in [6.07, 6.45) is 4.38. The van der Waals surface area contributed by atoms with E-state index >= 15 is 0 Å². The summed E-state index contributed by atoms with van der Waals surface area (Å²) in [4.78, 5) is 42.9. The van der Waals surface area contributed by atoms with Crippen LogP contribution in [0.2, 0.25) is 0 Å². The molecule has 2 unspecified atom stereocenters. The van der Waals surface area contributed by atoms with Gasteiger partial charge in [0.15, 0.2) is 11.5 Å². The van der Waals surface area contributed by atoms with Gasteiger partial charge in [0.1, 0.15) is 29.2 Å². The molecule has 2 atom stereocenters. The normalized spacial score (nSPS) is 14.4. The van der Waals surface area contributed by atoms with Crippen molar-refractivity contribution in [1.29, 1.82) is 0 Å². The molecule has 49 heavy (non-hydrogen) atoms. The molecule has 1 heterocycles. The molecule has 1 saturated carbocycles. The van der Waals surface area contributed by atoms with Crippen LogP contribution in [0.25, 0.3) is 10.9 Å². The van der Waals surface area contributed by atoms with Crippen LogP contribution in [0.3, 0.4) is 0 Å². The number of esters is 1. The van der Waals surface area contributed by atoms with E-state index in [0.29, 0.717) is 45.2 Å². The number of hydrogen-bond acceptors (Lipinski definition) is 9. The van der Waals surface area contributed by atoms with Gasteiger partial charge in [-0.15, -0.1) is 0 Å². The van der Waals surface area contributed by atoms with Gasteiger partial charge in [-0.3, -0.25) is 9.78 Å². The van der Waals surface area contributed by atoms with Crippen molar-refractivity contribution in [1.82, 2.24) is 10.3 Å². The molecule has 11 nitrogen and oxygen atoms in total. The second-order valence-electron chi connectivity index (χ2n) is 13.0. The maximum Gasteiger partial charge on any atom is 0.408 e. The van der Waals surface area contributed by atoms with Gasteiger partial charge < -0.3 is 34.3 Å². The first-order chi connectivity index (χ1) is 23.5. The first kappa shape index (κ1) is 35.0. The second kappa shape index (κ2) is 15.7. The third-order valence-electron chi connectivity index (χ3n) is 7.94. The highest BCUT2D eigenvalue weighted by Gasteiger charge is 2.33. The number of carbonyl (C=O) groups excluding carboxylic acids is 3. The van der Waals surface area contributed by atoms with Crippen LogP contribution in [0.4, 0.5) is 10.5 Å². The van der Waals surface area contributed by atoms with E-state index in [2.05, 4.69) is 15.6 Å². The van der Waals surface area contributed by atoms with Crippen LogP contribution >= 0.6 is 0 Å². The van der Waals surface area contributed by atoms with Crippen molar-refractivity contribution < 1.29 is 38.1 Å². The molecule has 0 saturated heterocycles. The number of alkyl carbamates (subject to hydrolysis) is 1. The zero-order valence-electron chi connectivity index (χ0n) is 28.5. The Hall–Kier alpha value is -5.32. The third kappa shape index (κ3) is 9.62. The molecule has 2 amide bonds. The Balaban J connectivity index is 1.28. The first-order valence-corrected chi connectivity index (χ1v) is 16.4. The lowest BCUT2D eigenvalue weighted by molar-refractivity contribution is -0.153. The van der Waals surface area contributed by atoms with Gasteiger partial charge in [0, 0.05) is 34.8 Å². The summed E-state index contributed by atoms with van der Waals surface area (Å²) in [7, 11) is 1.53. The SMILES string of the molecule is COc1cc2c(Oc3ccc(NC(=O)c4ccccc4)cc3)ccnc2cc1OCC(C)C(NC(=O)OC(C)(C)C)C(=O)OC1CCCC1. The lowest BCUT2D eigenvalue weighted by Gasteiger charge is -2.27.